The van der Waals surface area contributed by atoms with Gasteiger partial charge in [0.2, 0.25) is 0 Å². The third-order valence-corrected chi connectivity index (χ3v) is 9.78. The van der Waals surface area contributed by atoms with E-state index in [9.17, 15) is 0 Å². The second-order valence-electron chi connectivity index (χ2n) is 11.6. The summed E-state index contributed by atoms with van der Waals surface area (Å²) in [6, 6.07) is 0. The van der Waals surface area contributed by atoms with Gasteiger partial charge in [-0.15, -0.1) is 0 Å². The first kappa shape index (κ1) is 21.0. The maximum absolute atomic E-state index is 2.70. The summed E-state index contributed by atoms with van der Waals surface area (Å²) in [7, 11) is 0. The Morgan fingerprint density at radius 1 is 0.536 bits per heavy atom. The zero-order chi connectivity index (χ0) is 19.3. The lowest BCUT2D eigenvalue weighted by Crippen LogP contribution is -2.29. The van der Waals surface area contributed by atoms with E-state index < -0.39 is 0 Å². The molecule has 0 heterocycles. The van der Waals surface area contributed by atoms with Gasteiger partial charge in [-0.1, -0.05) is 64.5 Å². The Morgan fingerprint density at radius 2 is 0.964 bits per heavy atom. The molecule has 3 saturated carbocycles. The largest absolute Gasteiger partial charge is 0.0849 e. The highest BCUT2D eigenvalue weighted by molar-refractivity contribution is 5.03. The fourth-order valence-corrected chi connectivity index (χ4v) is 7.76. The Kier molecular flexibility index (Phi) is 7.62. The van der Waals surface area contributed by atoms with Crippen LogP contribution in [0.1, 0.15) is 117 Å². The van der Waals surface area contributed by atoms with Crippen LogP contribution in [-0.2, 0) is 0 Å². The molecule has 0 aromatic heterocycles. The smallest absolute Gasteiger partial charge is 0.0205 e. The van der Waals surface area contributed by atoms with E-state index in [0.29, 0.717) is 0 Å². The minimum Gasteiger partial charge on any atom is -0.0849 e. The minimum atomic E-state index is 0.929. The lowest BCUT2D eigenvalue weighted by molar-refractivity contribution is 0.124. The molecule has 0 aromatic rings. The maximum atomic E-state index is 2.70. The van der Waals surface area contributed by atoms with Crippen molar-refractivity contribution in [3.63, 3.8) is 0 Å². The second kappa shape index (κ2) is 10.2. The molecule has 4 rings (SSSR count). The Morgan fingerprint density at radius 3 is 1.43 bits per heavy atom. The van der Waals surface area contributed by atoms with Crippen LogP contribution in [0.25, 0.3) is 0 Å². The van der Waals surface area contributed by atoms with Gasteiger partial charge in [-0.05, 0) is 112 Å². The highest BCUT2D eigenvalue weighted by Crippen LogP contribution is 2.46. The van der Waals surface area contributed by atoms with Gasteiger partial charge in [0.25, 0.3) is 0 Å². The van der Waals surface area contributed by atoms with E-state index in [2.05, 4.69) is 26.0 Å². The first-order valence-corrected chi connectivity index (χ1v) is 13.4. The van der Waals surface area contributed by atoms with Crippen molar-refractivity contribution in [2.24, 2.45) is 47.3 Å². The molecule has 3 fully saturated rings. The van der Waals surface area contributed by atoms with Crippen molar-refractivity contribution in [3.8, 4) is 0 Å². The van der Waals surface area contributed by atoms with Crippen LogP contribution in [0.2, 0.25) is 0 Å². The van der Waals surface area contributed by atoms with Crippen molar-refractivity contribution in [1.82, 2.24) is 0 Å². The average Bonchev–Trinajstić information content (AvgIpc) is 2.75. The minimum absolute atomic E-state index is 0.929. The molecule has 0 aliphatic heterocycles. The molecule has 4 aliphatic carbocycles. The van der Waals surface area contributed by atoms with Gasteiger partial charge in [0.1, 0.15) is 0 Å². The Labute approximate surface area is 176 Å². The normalized spacial score (nSPS) is 45.1. The van der Waals surface area contributed by atoms with Crippen molar-refractivity contribution in [3.05, 3.63) is 12.2 Å². The van der Waals surface area contributed by atoms with E-state index in [1.165, 1.54) is 51.4 Å². The molecule has 4 aliphatic rings. The molecule has 0 spiro atoms. The predicted octanol–water partition coefficient (Wildman–Crippen LogP) is 8.81. The first-order valence-electron chi connectivity index (χ1n) is 13.4. The fraction of sp³-hybridized carbons (Fsp3) is 0.929. The molecule has 0 N–H and O–H groups in total. The zero-order valence-electron chi connectivity index (χ0n) is 19.1. The lowest BCUT2D eigenvalue weighted by atomic mass is 9.65. The number of rotatable bonds is 5. The van der Waals surface area contributed by atoms with E-state index in [1.807, 2.05) is 0 Å². The van der Waals surface area contributed by atoms with Gasteiger partial charge in [-0.3, -0.25) is 0 Å². The van der Waals surface area contributed by atoms with E-state index >= 15 is 0 Å². The summed E-state index contributed by atoms with van der Waals surface area (Å²) >= 11 is 0. The van der Waals surface area contributed by atoms with Crippen LogP contribution in [0.15, 0.2) is 12.2 Å². The highest BCUT2D eigenvalue weighted by atomic mass is 14.4. The van der Waals surface area contributed by atoms with Crippen molar-refractivity contribution < 1.29 is 0 Å². The molecule has 28 heavy (non-hydrogen) atoms. The summed E-state index contributed by atoms with van der Waals surface area (Å²) in [5.41, 5.74) is 0. The Bertz CT molecular complexity index is 466. The quantitative estimate of drug-likeness (QED) is 0.415. The highest BCUT2D eigenvalue weighted by Gasteiger charge is 2.34. The summed E-state index contributed by atoms with van der Waals surface area (Å²) in [5, 5.41) is 0. The molecule has 160 valence electrons. The molecule has 0 amide bonds. The summed E-state index contributed by atoms with van der Waals surface area (Å²) in [5.74, 6) is 8.15. The Hall–Kier alpha value is -0.260. The van der Waals surface area contributed by atoms with Gasteiger partial charge in [0.05, 0.1) is 0 Å². The predicted molar refractivity (Wildman–Crippen MR) is 122 cm³/mol. The molecule has 0 aromatic carbocycles. The Balaban J connectivity index is 1.19. The lowest BCUT2D eigenvalue weighted by Gasteiger charge is -2.41. The number of hydrogen-bond acceptors (Lipinski definition) is 0. The summed E-state index contributed by atoms with van der Waals surface area (Å²) in [6.07, 6.45) is 29.7. The molecule has 0 radical (unpaired) electrons. The summed E-state index contributed by atoms with van der Waals surface area (Å²) in [6.45, 7) is 4.82. The molecular formula is C28H48. The molecular weight excluding hydrogens is 336 g/mol. The van der Waals surface area contributed by atoms with Crippen molar-refractivity contribution in [2.75, 3.05) is 0 Å². The summed E-state index contributed by atoms with van der Waals surface area (Å²) < 4.78 is 0. The van der Waals surface area contributed by atoms with Crippen molar-refractivity contribution in [2.45, 2.75) is 117 Å². The van der Waals surface area contributed by atoms with E-state index in [1.54, 1.807) is 51.4 Å². The second-order valence-corrected chi connectivity index (χ2v) is 11.6. The third kappa shape index (κ3) is 5.26. The van der Waals surface area contributed by atoms with Gasteiger partial charge >= 0.3 is 0 Å². The molecule has 0 saturated heterocycles. The third-order valence-electron chi connectivity index (χ3n) is 9.78. The maximum Gasteiger partial charge on any atom is -0.0205 e. The zero-order valence-corrected chi connectivity index (χ0v) is 19.1. The van der Waals surface area contributed by atoms with Crippen LogP contribution in [0.5, 0.6) is 0 Å². The first-order chi connectivity index (χ1) is 13.7. The number of allylic oxidation sites excluding steroid dienone is 2. The van der Waals surface area contributed by atoms with Crippen molar-refractivity contribution >= 4 is 0 Å². The fourth-order valence-electron chi connectivity index (χ4n) is 7.76. The molecule has 2 unspecified atom stereocenters. The van der Waals surface area contributed by atoms with E-state index in [4.69, 9.17) is 0 Å². The van der Waals surface area contributed by atoms with Gasteiger partial charge in [0, 0.05) is 0 Å². The van der Waals surface area contributed by atoms with Crippen LogP contribution in [0, 0.1) is 47.3 Å². The van der Waals surface area contributed by atoms with Gasteiger partial charge < -0.3 is 0 Å². The van der Waals surface area contributed by atoms with Crippen LogP contribution < -0.4 is 0 Å². The summed E-state index contributed by atoms with van der Waals surface area (Å²) in [4.78, 5) is 0. The molecule has 0 heteroatoms. The molecule has 2 atom stereocenters. The van der Waals surface area contributed by atoms with Crippen molar-refractivity contribution in [1.29, 1.82) is 0 Å². The topological polar surface area (TPSA) is 0 Å². The molecule has 0 bridgehead atoms. The van der Waals surface area contributed by atoms with Gasteiger partial charge in [-0.25, -0.2) is 0 Å². The SMILES string of the molecule is CCCC1CCC(C2CCC(C3C=CC(C4CCC(C)CC4)CC3)CC2)CC1. The average molecular weight is 385 g/mol. The van der Waals surface area contributed by atoms with Crippen LogP contribution in [0.3, 0.4) is 0 Å². The van der Waals surface area contributed by atoms with E-state index in [0.717, 1.165) is 47.3 Å². The molecule has 0 nitrogen and oxygen atoms in total. The van der Waals surface area contributed by atoms with Gasteiger partial charge in [-0.2, -0.15) is 0 Å². The van der Waals surface area contributed by atoms with Crippen LogP contribution in [0.4, 0.5) is 0 Å². The van der Waals surface area contributed by atoms with Gasteiger partial charge in [0.15, 0.2) is 0 Å². The van der Waals surface area contributed by atoms with Crippen LogP contribution >= 0.6 is 0 Å². The monoisotopic (exact) mass is 384 g/mol. The van der Waals surface area contributed by atoms with E-state index in [-0.39, 0.29) is 0 Å². The van der Waals surface area contributed by atoms with Crippen LogP contribution in [-0.4, -0.2) is 0 Å². The standard InChI is InChI=1S/C28H48/c1-3-4-22-7-11-24(12-8-22)26-15-19-28(20-16-26)27-17-13-25(14-18-27)23-9-5-21(2)6-10-23/h13,17,21-28H,3-12,14-16,18-20H2,1-2H3. The number of hydrogen-bond donors (Lipinski definition) is 0.